The number of fused-ring (bicyclic) bond motifs is 2. The maximum Gasteiger partial charge on any atom is 0.333 e. The number of carboxylic acid groups (broad SMARTS) is 1. The predicted molar refractivity (Wildman–Crippen MR) is 61.0 cm³/mol. The molecule has 0 aromatic carbocycles. The van der Waals surface area contributed by atoms with Crippen LogP contribution >= 0.6 is 0 Å². The molecule has 2 bridgehead atoms. The van der Waals surface area contributed by atoms with Gasteiger partial charge in [-0.05, 0) is 30.6 Å². The topological polar surface area (TPSA) is 57.5 Å². The lowest BCUT2D eigenvalue weighted by Crippen LogP contribution is -2.49. The number of carbonyl (C=O) groups is 1. The van der Waals surface area contributed by atoms with E-state index in [-0.39, 0.29) is 16.4 Å². The fourth-order valence-corrected chi connectivity index (χ4v) is 3.91. The van der Waals surface area contributed by atoms with Crippen molar-refractivity contribution in [1.29, 1.82) is 0 Å². The second-order valence-corrected chi connectivity index (χ2v) is 6.14. The highest BCUT2D eigenvalue weighted by Gasteiger charge is 2.69. The first kappa shape index (κ1) is 11.6. The van der Waals surface area contributed by atoms with Crippen molar-refractivity contribution in [2.24, 2.45) is 16.7 Å². The monoisotopic (exact) mass is 224 g/mol. The molecular weight excluding hydrogens is 204 g/mol. The van der Waals surface area contributed by atoms with E-state index in [2.05, 4.69) is 20.4 Å². The van der Waals surface area contributed by atoms with Crippen LogP contribution in [0.4, 0.5) is 0 Å². The molecule has 90 valence electrons. The molecule has 2 N–H and O–H groups in total. The third kappa shape index (κ3) is 1.000. The number of rotatable bonds is 2. The van der Waals surface area contributed by atoms with Gasteiger partial charge in [-0.1, -0.05) is 27.4 Å². The molecule has 0 heterocycles. The Hall–Kier alpha value is -0.830. The van der Waals surface area contributed by atoms with Crippen molar-refractivity contribution in [1.82, 2.24) is 0 Å². The molecule has 0 aliphatic heterocycles. The average Bonchev–Trinajstić information content (AvgIpc) is 2.48. The molecule has 2 fully saturated rings. The molecule has 16 heavy (non-hydrogen) atoms. The van der Waals surface area contributed by atoms with Crippen LogP contribution in [0.3, 0.4) is 0 Å². The van der Waals surface area contributed by atoms with Crippen LogP contribution in [-0.4, -0.2) is 21.8 Å². The van der Waals surface area contributed by atoms with Gasteiger partial charge in [0.05, 0.1) is 5.57 Å². The molecule has 0 amide bonds. The minimum Gasteiger partial charge on any atom is -0.478 e. The van der Waals surface area contributed by atoms with E-state index in [1.54, 1.807) is 0 Å². The molecule has 3 heteroatoms. The summed E-state index contributed by atoms with van der Waals surface area (Å²) >= 11 is 0. The fourth-order valence-electron chi connectivity index (χ4n) is 3.91. The standard InChI is InChI=1S/C13H20O3/c1-8(10(14)15)13(16)7-9-5-6-12(13,4)11(9,2)3/h9,16H,1,5-7H2,2-4H3,(H,14,15). The van der Waals surface area contributed by atoms with Crippen molar-refractivity contribution < 1.29 is 15.0 Å². The average molecular weight is 224 g/mol. The summed E-state index contributed by atoms with van der Waals surface area (Å²) in [6, 6.07) is 0. The van der Waals surface area contributed by atoms with Gasteiger partial charge in [-0.3, -0.25) is 0 Å². The summed E-state index contributed by atoms with van der Waals surface area (Å²) in [4.78, 5) is 11.1. The summed E-state index contributed by atoms with van der Waals surface area (Å²) in [7, 11) is 0. The normalized spacial score (nSPS) is 44.6. The largest absolute Gasteiger partial charge is 0.478 e. The number of aliphatic hydroxyl groups is 1. The van der Waals surface area contributed by atoms with Gasteiger partial charge in [0.2, 0.25) is 0 Å². The van der Waals surface area contributed by atoms with Gasteiger partial charge in [0.15, 0.2) is 0 Å². The highest BCUT2D eigenvalue weighted by molar-refractivity contribution is 5.88. The van der Waals surface area contributed by atoms with E-state index < -0.39 is 11.6 Å². The SMILES string of the molecule is C=C(C(=O)O)C1(O)CC2CCC1(C)C2(C)C. The number of hydrogen-bond acceptors (Lipinski definition) is 2. The Balaban J connectivity index is 2.48. The molecule has 0 saturated heterocycles. The van der Waals surface area contributed by atoms with Crippen molar-refractivity contribution >= 4 is 5.97 Å². The van der Waals surface area contributed by atoms with Crippen LogP contribution in [0.15, 0.2) is 12.2 Å². The lowest BCUT2D eigenvalue weighted by Gasteiger charge is -2.45. The van der Waals surface area contributed by atoms with E-state index >= 15 is 0 Å². The van der Waals surface area contributed by atoms with Gasteiger partial charge in [0.25, 0.3) is 0 Å². The van der Waals surface area contributed by atoms with Crippen molar-refractivity contribution in [2.45, 2.75) is 45.6 Å². The predicted octanol–water partition coefficient (Wildman–Crippen LogP) is 2.20. The molecule has 3 atom stereocenters. The Kier molecular flexibility index (Phi) is 2.10. The fraction of sp³-hybridized carbons (Fsp3) is 0.769. The summed E-state index contributed by atoms with van der Waals surface area (Å²) in [6.45, 7) is 9.87. The Morgan fingerprint density at radius 3 is 2.25 bits per heavy atom. The summed E-state index contributed by atoms with van der Waals surface area (Å²) in [6.07, 6.45) is 2.51. The van der Waals surface area contributed by atoms with Gasteiger partial charge in [0, 0.05) is 5.41 Å². The molecular formula is C13H20O3. The molecule has 3 nitrogen and oxygen atoms in total. The minimum atomic E-state index is -1.23. The second kappa shape index (κ2) is 2.89. The number of aliphatic carboxylic acids is 1. The van der Waals surface area contributed by atoms with Gasteiger partial charge in [-0.2, -0.15) is 0 Å². The molecule has 0 spiro atoms. The Morgan fingerprint density at radius 1 is 1.38 bits per heavy atom. The lowest BCUT2D eigenvalue weighted by molar-refractivity contribution is -0.139. The Labute approximate surface area is 96.2 Å². The van der Waals surface area contributed by atoms with Crippen LogP contribution in [0.1, 0.15) is 40.0 Å². The first-order chi connectivity index (χ1) is 7.17. The summed E-state index contributed by atoms with van der Waals surface area (Å²) in [5.41, 5.74) is -1.64. The van der Waals surface area contributed by atoms with Crippen molar-refractivity contribution in [2.75, 3.05) is 0 Å². The van der Waals surface area contributed by atoms with Crippen molar-refractivity contribution in [3.05, 3.63) is 12.2 Å². The Morgan fingerprint density at radius 2 is 1.94 bits per heavy atom. The summed E-state index contributed by atoms with van der Waals surface area (Å²) < 4.78 is 0. The zero-order chi connectivity index (χ0) is 12.4. The zero-order valence-electron chi connectivity index (χ0n) is 10.2. The molecule has 2 aliphatic carbocycles. The smallest absolute Gasteiger partial charge is 0.333 e. The van der Waals surface area contributed by atoms with Gasteiger partial charge < -0.3 is 10.2 Å². The molecule has 2 saturated carbocycles. The summed E-state index contributed by atoms with van der Waals surface area (Å²) in [5.74, 6) is -0.675. The third-order valence-electron chi connectivity index (χ3n) is 5.65. The lowest BCUT2D eigenvalue weighted by atomic mass is 9.62. The third-order valence-corrected chi connectivity index (χ3v) is 5.65. The minimum absolute atomic E-state index is 0.0137. The molecule has 0 radical (unpaired) electrons. The van der Waals surface area contributed by atoms with Crippen molar-refractivity contribution in [3.63, 3.8) is 0 Å². The van der Waals surface area contributed by atoms with E-state index in [4.69, 9.17) is 5.11 Å². The van der Waals surface area contributed by atoms with E-state index in [0.29, 0.717) is 12.3 Å². The zero-order valence-corrected chi connectivity index (χ0v) is 10.2. The van der Waals surface area contributed by atoms with Crippen LogP contribution in [0, 0.1) is 16.7 Å². The van der Waals surface area contributed by atoms with Gasteiger partial charge in [-0.15, -0.1) is 0 Å². The maximum atomic E-state index is 11.1. The van der Waals surface area contributed by atoms with Crippen LogP contribution in [0.5, 0.6) is 0 Å². The molecule has 2 rings (SSSR count). The summed E-state index contributed by atoms with van der Waals surface area (Å²) in [5, 5.41) is 19.8. The first-order valence-electron chi connectivity index (χ1n) is 5.82. The van der Waals surface area contributed by atoms with Gasteiger partial charge in [0.1, 0.15) is 5.60 Å². The van der Waals surface area contributed by atoms with E-state index in [1.165, 1.54) is 0 Å². The van der Waals surface area contributed by atoms with E-state index in [9.17, 15) is 9.90 Å². The molecule has 0 aromatic rings. The van der Waals surface area contributed by atoms with Crippen LogP contribution < -0.4 is 0 Å². The van der Waals surface area contributed by atoms with Crippen LogP contribution in [-0.2, 0) is 4.79 Å². The Bertz CT molecular complexity index is 371. The van der Waals surface area contributed by atoms with Crippen molar-refractivity contribution in [3.8, 4) is 0 Å². The highest BCUT2D eigenvalue weighted by Crippen LogP contribution is 2.71. The van der Waals surface area contributed by atoms with Crippen LogP contribution in [0.2, 0.25) is 0 Å². The number of hydrogen-bond donors (Lipinski definition) is 2. The van der Waals surface area contributed by atoms with E-state index in [1.807, 2.05) is 6.92 Å². The quantitative estimate of drug-likeness (QED) is 0.707. The molecule has 2 aliphatic rings. The first-order valence-corrected chi connectivity index (χ1v) is 5.82. The molecule has 0 aromatic heterocycles. The van der Waals surface area contributed by atoms with Gasteiger partial charge in [-0.25, -0.2) is 4.79 Å². The second-order valence-electron chi connectivity index (χ2n) is 6.14. The van der Waals surface area contributed by atoms with E-state index in [0.717, 1.165) is 12.8 Å². The van der Waals surface area contributed by atoms with Gasteiger partial charge >= 0.3 is 5.97 Å². The maximum absolute atomic E-state index is 11.1. The number of carboxylic acids is 1. The molecule has 3 unspecified atom stereocenters. The van der Waals surface area contributed by atoms with Crippen LogP contribution in [0.25, 0.3) is 0 Å². The highest BCUT2D eigenvalue weighted by atomic mass is 16.4.